The maximum absolute atomic E-state index is 5.66. The first-order valence-corrected chi connectivity index (χ1v) is 6.49. The van der Waals surface area contributed by atoms with E-state index < -0.39 is 0 Å². The standard InChI is InChI=1S/C10H12Br2N2O/c11-8-3-9(12)10(14-5-8)15-6-7-1-2-13-4-7/h3,5,7,13H,1-2,4,6H2. The molecular weight excluding hydrogens is 324 g/mol. The lowest BCUT2D eigenvalue weighted by Gasteiger charge is -2.11. The van der Waals surface area contributed by atoms with E-state index in [1.807, 2.05) is 6.07 Å². The summed E-state index contributed by atoms with van der Waals surface area (Å²) in [7, 11) is 0. The summed E-state index contributed by atoms with van der Waals surface area (Å²) < 4.78 is 7.50. The molecule has 0 amide bonds. The number of aromatic nitrogens is 1. The Morgan fingerprint density at radius 2 is 2.40 bits per heavy atom. The van der Waals surface area contributed by atoms with Crippen molar-refractivity contribution in [1.82, 2.24) is 10.3 Å². The number of halogens is 2. The molecule has 2 heterocycles. The number of nitrogens with zero attached hydrogens (tertiary/aromatic N) is 1. The van der Waals surface area contributed by atoms with Crippen molar-refractivity contribution < 1.29 is 4.74 Å². The highest BCUT2D eigenvalue weighted by Crippen LogP contribution is 2.26. The van der Waals surface area contributed by atoms with Gasteiger partial charge in [0.05, 0.1) is 11.1 Å². The van der Waals surface area contributed by atoms with Crippen LogP contribution in [0.25, 0.3) is 0 Å². The van der Waals surface area contributed by atoms with Gasteiger partial charge in [-0.25, -0.2) is 4.98 Å². The Bertz CT molecular complexity index is 340. The Hall–Kier alpha value is -0.130. The molecule has 1 aromatic rings. The average molecular weight is 336 g/mol. The molecular formula is C10H12Br2N2O. The quantitative estimate of drug-likeness (QED) is 0.922. The van der Waals surface area contributed by atoms with Crippen LogP contribution in [-0.4, -0.2) is 24.7 Å². The van der Waals surface area contributed by atoms with Crippen molar-refractivity contribution in [2.24, 2.45) is 5.92 Å². The topological polar surface area (TPSA) is 34.1 Å². The average Bonchev–Trinajstić information content (AvgIpc) is 2.69. The minimum Gasteiger partial charge on any atom is -0.477 e. The SMILES string of the molecule is Brc1cnc(OCC2CCNC2)c(Br)c1. The molecule has 1 aromatic heterocycles. The van der Waals surface area contributed by atoms with Gasteiger partial charge in [-0.15, -0.1) is 0 Å². The van der Waals surface area contributed by atoms with Crippen molar-refractivity contribution in [3.8, 4) is 5.88 Å². The summed E-state index contributed by atoms with van der Waals surface area (Å²) in [6.45, 7) is 2.89. The maximum Gasteiger partial charge on any atom is 0.228 e. The van der Waals surface area contributed by atoms with Gasteiger partial charge in [0.15, 0.2) is 0 Å². The molecule has 0 saturated carbocycles. The molecule has 1 atom stereocenters. The fourth-order valence-corrected chi connectivity index (χ4v) is 2.66. The summed E-state index contributed by atoms with van der Waals surface area (Å²) in [5.74, 6) is 1.28. The Balaban J connectivity index is 1.92. The van der Waals surface area contributed by atoms with Crippen LogP contribution in [0.15, 0.2) is 21.2 Å². The lowest BCUT2D eigenvalue weighted by Crippen LogP contribution is -2.16. The highest BCUT2D eigenvalue weighted by Gasteiger charge is 2.15. The number of pyridine rings is 1. The van der Waals surface area contributed by atoms with Crippen molar-refractivity contribution in [2.45, 2.75) is 6.42 Å². The smallest absolute Gasteiger partial charge is 0.228 e. The maximum atomic E-state index is 5.66. The molecule has 15 heavy (non-hydrogen) atoms. The fraction of sp³-hybridized carbons (Fsp3) is 0.500. The largest absolute Gasteiger partial charge is 0.477 e. The van der Waals surface area contributed by atoms with Crippen LogP contribution in [0.5, 0.6) is 5.88 Å². The minimum atomic E-state index is 0.613. The molecule has 0 aliphatic carbocycles. The first-order chi connectivity index (χ1) is 7.25. The summed E-state index contributed by atoms with van der Waals surface area (Å²) in [5, 5.41) is 3.31. The van der Waals surface area contributed by atoms with Crippen LogP contribution in [0.1, 0.15) is 6.42 Å². The van der Waals surface area contributed by atoms with Gasteiger partial charge in [-0.05, 0) is 50.9 Å². The fourth-order valence-electron chi connectivity index (χ4n) is 1.56. The second kappa shape index (κ2) is 5.27. The van der Waals surface area contributed by atoms with Gasteiger partial charge >= 0.3 is 0 Å². The van der Waals surface area contributed by atoms with Gasteiger partial charge in [-0.1, -0.05) is 0 Å². The zero-order valence-electron chi connectivity index (χ0n) is 8.17. The van der Waals surface area contributed by atoms with Crippen molar-refractivity contribution in [1.29, 1.82) is 0 Å². The Labute approximate surface area is 106 Å². The Kier molecular flexibility index (Phi) is 3.99. The van der Waals surface area contributed by atoms with Crippen LogP contribution in [0.2, 0.25) is 0 Å². The van der Waals surface area contributed by atoms with Crippen LogP contribution in [0.3, 0.4) is 0 Å². The predicted octanol–water partition coefficient (Wildman–Crippen LogP) is 2.59. The van der Waals surface area contributed by atoms with E-state index in [2.05, 4.69) is 42.2 Å². The number of nitrogens with one attached hydrogen (secondary N) is 1. The zero-order chi connectivity index (χ0) is 10.7. The zero-order valence-corrected chi connectivity index (χ0v) is 11.3. The monoisotopic (exact) mass is 334 g/mol. The van der Waals surface area contributed by atoms with Gasteiger partial charge in [-0.3, -0.25) is 0 Å². The van der Waals surface area contributed by atoms with Crippen molar-refractivity contribution >= 4 is 31.9 Å². The molecule has 1 unspecified atom stereocenters. The second-order valence-electron chi connectivity index (χ2n) is 3.61. The summed E-state index contributed by atoms with van der Waals surface area (Å²) >= 11 is 6.78. The van der Waals surface area contributed by atoms with Crippen molar-refractivity contribution in [3.63, 3.8) is 0 Å². The summed E-state index contributed by atoms with van der Waals surface area (Å²) in [4.78, 5) is 4.20. The van der Waals surface area contributed by atoms with E-state index in [9.17, 15) is 0 Å². The van der Waals surface area contributed by atoms with Gasteiger partial charge in [0.2, 0.25) is 5.88 Å². The molecule has 1 N–H and O–H groups in total. The summed E-state index contributed by atoms with van der Waals surface area (Å²) in [6, 6.07) is 1.94. The normalized spacial score (nSPS) is 20.5. The van der Waals surface area contributed by atoms with Gasteiger partial charge in [0, 0.05) is 23.1 Å². The molecule has 0 radical (unpaired) electrons. The van der Waals surface area contributed by atoms with Gasteiger partial charge < -0.3 is 10.1 Å². The van der Waals surface area contributed by atoms with Gasteiger partial charge in [-0.2, -0.15) is 0 Å². The van der Waals surface area contributed by atoms with Crippen LogP contribution in [0.4, 0.5) is 0 Å². The third-order valence-electron chi connectivity index (χ3n) is 2.39. The predicted molar refractivity (Wildman–Crippen MR) is 66.1 cm³/mol. The first kappa shape index (κ1) is 11.4. The van der Waals surface area contributed by atoms with Crippen LogP contribution >= 0.6 is 31.9 Å². The molecule has 1 fully saturated rings. The second-order valence-corrected chi connectivity index (χ2v) is 5.38. The van der Waals surface area contributed by atoms with Crippen molar-refractivity contribution in [3.05, 3.63) is 21.2 Å². The van der Waals surface area contributed by atoms with E-state index in [0.717, 1.165) is 28.6 Å². The highest BCUT2D eigenvalue weighted by molar-refractivity contribution is 9.11. The van der Waals surface area contributed by atoms with E-state index in [4.69, 9.17) is 4.74 Å². The third kappa shape index (κ3) is 3.16. The first-order valence-electron chi connectivity index (χ1n) is 4.90. The number of ether oxygens (including phenoxy) is 1. The Morgan fingerprint density at radius 1 is 1.53 bits per heavy atom. The van der Waals surface area contributed by atoms with Gasteiger partial charge in [0.1, 0.15) is 0 Å². The lowest BCUT2D eigenvalue weighted by molar-refractivity contribution is 0.249. The van der Waals surface area contributed by atoms with E-state index in [0.29, 0.717) is 11.8 Å². The lowest BCUT2D eigenvalue weighted by atomic mass is 10.1. The number of rotatable bonds is 3. The van der Waals surface area contributed by atoms with Crippen LogP contribution < -0.4 is 10.1 Å². The molecule has 0 spiro atoms. The minimum absolute atomic E-state index is 0.613. The molecule has 1 aliphatic heterocycles. The van der Waals surface area contributed by atoms with E-state index >= 15 is 0 Å². The molecule has 5 heteroatoms. The summed E-state index contributed by atoms with van der Waals surface area (Å²) in [6.07, 6.45) is 2.93. The summed E-state index contributed by atoms with van der Waals surface area (Å²) in [5.41, 5.74) is 0. The Morgan fingerprint density at radius 3 is 3.07 bits per heavy atom. The molecule has 0 bridgehead atoms. The van der Waals surface area contributed by atoms with E-state index in [1.165, 1.54) is 6.42 Å². The number of hydrogen-bond donors (Lipinski definition) is 1. The molecule has 2 rings (SSSR count). The third-order valence-corrected chi connectivity index (χ3v) is 3.39. The van der Waals surface area contributed by atoms with E-state index in [1.54, 1.807) is 6.20 Å². The van der Waals surface area contributed by atoms with Crippen LogP contribution in [0, 0.1) is 5.92 Å². The van der Waals surface area contributed by atoms with Crippen LogP contribution in [-0.2, 0) is 0 Å². The molecule has 1 saturated heterocycles. The highest BCUT2D eigenvalue weighted by atomic mass is 79.9. The molecule has 1 aliphatic rings. The molecule has 3 nitrogen and oxygen atoms in total. The molecule has 82 valence electrons. The molecule has 0 aromatic carbocycles. The van der Waals surface area contributed by atoms with Gasteiger partial charge in [0.25, 0.3) is 0 Å². The number of hydrogen-bond acceptors (Lipinski definition) is 3. The van der Waals surface area contributed by atoms with Crippen molar-refractivity contribution in [2.75, 3.05) is 19.7 Å². The van der Waals surface area contributed by atoms with E-state index in [-0.39, 0.29) is 0 Å².